The summed E-state index contributed by atoms with van der Waals surface area (Å²) in [5.74, 6) is -0.836. The van der Waals surface area contributed by atoms with Gasteiger partial charge in [0.25, 0.3) is 5.78 Å². The molecule has 0 bridgehead atoms. The summed E-state index contributed by atoms with van der Waals surface area (Å²) >= 11 is 0. The van der Waals surface area contributed by atoms with Gasteiger partial charge in [-0.1, -0.05) is 17.7 Å². The summed E-state index contributed by atoms with van der Waals surface area (Å²) in [7, 11) is 1.68. The molecule has 2 aliphatic heterocycles. The molecule has 1 amide bonds. The van der Waals surface area contributed by atoms with E-state index in [1.165, 1.54) is 22.6 Å². The van der Waals surface area contributed by atoms with Crippen molar-refractivity contribution >= 4 is 17.4 Å². The summed E-state index contributed by atoms with van der Waals surface area (Å²) in [4.78, 5) is 30.5. The minimum Gasteiger partial charge on any atom is -0.496 e. The Morgan fingerprint density at radius 3 is 2.45 bits per heavy atom. The highest BCUT2D eigenvalue weighted by molar-refractivity contribution is 6.52. The average Bonchev–Trinajstić information content (AvgIpc) is 2.94. The van der Waals surface area contributed by atoms with Crippen LogP contribution in [-0.4, -0.2) is 61.4 Å². The lowest BCUT2D eigenvalue weighted by molar-refractivity contribution is -0.114. The van der Waals surface area contributed by atoms with Crippen molar-refractivity contribution in [3.05, 3.63) is 58.9 Å². The molecule has 7 heteroatoms. The minimum atomic E-state index is -0.635. The Hall–Kier alpha value is -2.77. The number of anilines is 1. The molecule has 0 saturated carbocycles. The molecule has 0 aromatic heterocycles. The van der Waals surface area contributed by atoms with Crippen LogP contribution in [0, 0.1) is 12.7 Å². The van der Waals surface area contributed by atoms with Gasteiger partial charge in [-0.05, 0) is 31.2 Å². The van der Waals surface area contributed by atoms with Gasteiger partial charge in [-0.15, -0.1) is 0 Å². The van der Waals surface area contributed by atoms with Crippen molar-refractivity contribution in [3.63, 3.8) is 0 Å². The number of Topliss-reactive ketones (excluding diaryl/α,β-unsaturated/α-hetero) is 1. The van der Waals surface area contributed by atoms with Gasteiger partial charge in [-0.2, -0.15) is 0 Å². The molecule has 2 heterocycles. The van der Waals surface area contributed by atoms with E-state index in [0.717, 1.165) is 50.1 Å². The van der Waals surface area contributed by atoms with E-state index in [9.17, 15) is 14.0 Å². The molecule has 0 spiro atoms. The molecular formula is C22H24FN3O3. The van der Waals surface area contributed by atoms with Crippen molar-refractivity contribution in [3.8, 4) is 5.75 Å². The van der Waals surface area contributed by atoms with Crippen LogP contribution in [0.1, 0.15) is 21.5 Å². The van der Waals surface area contributed by atoms with Gasteiger partial charge in [0.05, 0.1) is 25.0 Å². The van der Waals surface area contributed by atoms with Gasteiger partial charge >= 0.3 is 5.91 Å². The molecule has 0 unspecified atom stereocenters. The molecule has 0 radical (unpaired) electrons. The Balaban J connectivity index is 1.38. The minimum absolute atomic E-state index is 0.153. The largest absolute Gasteiger partial charge is 0.496 e. The fourth-order valence-corrected chi connectivity index (χ4v) is 3.97. The normalized spacial score (nSPS) is 17.7. The van der Waals surface area contributed by atoms with Crippen molar-refractivity contribution in [2.75, 3.05) is 44.9 Å². The summed E-state index contributed by atoms with van der Waals surface area (Å²) < 4.78 is 18.9. The van der Waals surface area contributed by atoms with Crippen LogP contribution in [0.5, 0.6) is 5.75 Å². The van der Waals surface area contributed by atoms with Crippen LogP contribution in [0.15, 0.2) is 36.4 Å². The fourth-order valence-electron chi connectivity index (χ4n) is 3.97. The third-order valence-electron chi connectivity index (χ3n) is 5.57. The first-order valence-corrected chi connectivity index (χ1v) is 9.70. The molecule has 29 heavy (non-hydrogen) atoms. The number of ether oxygens (including phenoxy) is 1. The quantitative estimate of drug-likeness (QED) is 0.726. The summed E-state index contributed by atoms with van der Waals surface area (Å²) in [5.41, 5.74) is 3.01. The Morgan fingerprint density at radius 1 is 1.00 bits per heavy atom. The summed E-state index contributed by atoms with van der Waals surface area (Å²) in [6.07, 6.45) is 0. The summed E-state index contributed by atoms with van der Waals surface area (Å²) in [6.45, 7) is 6.48. The average molecular weight is 397 g/mol. The van der Waals surface area contributed by atoms with E-state index < -0.39 is 17.5 Å². The third-order valence-corrected chi connectivity index (χ3v) is 5.57. The Bertz CT molecular complexity index is 954. The zero-order valence-electron chi connectivity index (χ0n) is 16.7. The van der Waals surface area contributed by atoms with Gasteiger partial charge in [0.15, 0.2) is 0 Å². The van der Waals surface area contributed by atoms with E-state index in [4.69, 9.17) is 4.74 Å². The van der Waals surface area contributed by atoms with Crippen molar-refractivity contribution in [1.29, 1.82) is 0 Å². The van der Waals surface area contributed by atoms with Crippen LogP contribution in [-0.2, 0) is 11.3 Å². The zero-order valence-corrected chi connectivity index (χ0v) is 16.7. The van der Waals surface area contributed by atoms with E-state index in [1.54, 1.807) is 7.11 Å². The van der Waals surface area contributed by atoms with Gasteiger partial charge in [0.1, 0.15) is 11.6 Å². The fraction of sp³-hybridized carbons (Fsp3) is 0.364. The number of amides is 1. The van der Waals surface area contributed by atoms with Crippen LogP contribution < -0.4 is 9.64 Å². The highest BCUT2D eigenvalue weighted by atomic mass is 19.1. The lowest BCUT2D eigenvalue weighted by Gasteiger charge is -2.36. The standard InChI is InChI=1S/C22H24FN3O3/c1-15-3-6-20(29-2)16(11-15)13-24-7-9-25(10-8-24)14-26-19-5-4-17(23)12-18(19)21(27)22(26)28/h3-6,11-12H,7-10,13-14H2,1-2H3. The topological polar surface area (TPSA) is 53.1 Å². The second-order valence-corrected chi connectivity index (χ2v) is 7.57. The van der Waals surface area contributed by atoms with Crippen LogP contribution in [0.3, 0.4) is 0 Å². The molecular weight excluding hydrogens is 373 g/mol. The molecule has 2 aromatic rings. The third kappa shape index (κ3) is 3.88. The highest BCUT2D eigenvalue weighted by Gasteiger charge is 2.37. The monoisotopic (exact) mass is 397 g/mol. The van der Waals surface area contributed by atoms with Gasteiger partial charge in [-0.3, -0.25) is 24.3 Å². The second kappa shape index (κ2) is 7.93. The number of benzene rings is 2. The number of rotatable bonds is 5. The Kier molecular flexibility index (Phi) is 5.34. The maximum absolute atomic E-state index is 13.4. The first-order chi connectivity index (χ1) is 14.0. The molecule has 1 saturated heterocycles. The Labute approximate surface area is 169 Å². The van der Waals surface area contributed by atoms with E-state index in [2.05, 4.69) is 22.8 Å². The van der Waals surface area contributed by atoms with E-state index in [0.29, 0.717) is 12.4 Å². The predicted molar refractivity (Wildman–Crippen MR) is 108 cm³/mol. The first-order valence-electron chi connectivity index (χ1n) is 9.70. The second-order valence-electron chi connectivity index (χ2n) is 7.57. The number of piperazine rings is 1. The SMILES string of the molecule is COc1ccc(C)cc1CN1CCN(CN2C(=O)C(=O)c3cc(F)ccc32)CC1. The molecule has 2 aromatic carbocycles. The number of fused-ring (bicyclic) bond motifs is 1. The van der Waals surface area contributed by atoms with Crippen LogP contribution in [0.4, 0.5) is 10.1 Å². The number of nitrogens with zero attached hydrogens (tertiary/aromatic N) is 3. The van der Waals surface area contributed by atoms with Gasteiger partial charge in [-0.25, -0.2) is 4.39 Å². The number of hydrogen-bond acceptors (Lipinski definition) is 5. The van der Waals surface area contributed by atoms with Gasteiger partial charge < -0.3 is 4.74 Å². The predicted octanol–water partition coefficient (Wildman–Crippen LogP) is 2.45. The van der Waals surface area contributed by atoms with Crippen molar-refractivity contribution in [2.24, 2.45) is 0 Å². The molecule has 1 fully saturated rings. The van der Waals surface area contributed by atoms with E-state index >= 15 is 0 Å². The van der Waals surface area contributed by atoms with Crippen LogP contribution >= 0.6 is 0 Å². The zero-order chi connectivity index (χ0) is 20.5. The smallest absolute Gasteiger partial charge is 0.300 e. The van der Waals surface area contributed by atoms with Gasteiger partial charge in [0.2, 0.25) is 0 Å². The van der Waals surface area contributed by atoms with Crippen molar-refractivity contribution < 1.29 is 18.7 Å². The Morgan fingerprint density at radius 2 is 1.72 bits per heavy atom. The molecule has 4 rings (SSSR count). The van der Waals surface area contributed by atoms with Crippen LogP contribution in [0.25, 0.3) is 0 Å². The maximum Gasteiger partial charge on any atom is 0.300 e. The lowest BCUT2D eigenvalue weighted by Crippen LogP contribution is -2.50. The van der Waals surface area contributed by atoms with Gasteiger partial charge in [0, 0.05) is 38.3 Å². The van der Waals surface area contributed by atoms with Crippen LogP contribution in [0.2, 0.25) is 0 Å². The number of halogens is 1. The summed E-state index contributed by atoms with van der Waals surface area (Å²) in [5, 5.41) is 0. The van der Waals surface area contributed by atoms with Crippen molar-refractivity contribution in [1.82, 2.24) is 9.80 Å². The number of carbonyl (C=O) groups is 2. The molecule has 6 nitrogen and oxygen atoms in total. The number of ketones is 1. The highest BCUT2D eigenvalue weighted by Crippen LogP contribution is 2.30. The number of methoxy groups -OCH3 is 1. The molecule has 0 aliphatic carbocycles. The lowest BCUT2D eigenvalue weighted by atomic mass is 10.1. The molecule has 0 N–H and O–H groups in total. The number of aryl methyl sites for hydroxylation is 1. The maximum atomic E-state index is 13.4. The summed E-state index contributed by atoms with van der Waals surface area (Å²) in [6, 6.07) is 10.1. The number of carbonyl (C=O) groups excluding carboxylic acids is 2. The molecule has 152 valence electrons. The van der Waals surface area contributed by atoms with E-state index in [-0.39, 0.29) is 5.56 Å². The van der Waals surface area contributed by atoms with Crippen molar-refractivity contribution in [2.45, 2.75) is 13.5 Å². The number of hydrogen-bond donors (Lipinski definition) is 0. The molecule has 0 atom stereocenters. The van der Waals surface area contributed by atoms with E-state index in [1.807, 2.05) is 12.1 Å². The first kappa shape index (κ1) is 19.5. The molecule has 2 aliphatic rings.